The second-order valence-electron chi connectivity index (χ2n) is 4.78. The Balaban J connectivity index is 1.88. The number of hydrogen-bond acceptors (Lipinski definition) is 4. The summed E-state index contributed by atoms with van der Waals surface area (Å²) < 4.78 is 32.1. The summed E-state index contributed by atoms with van der Waals surface area (Å²) in [6.07, 6.45) is 0. The lowest BCUT2D eigenvalue weighted by Gasteiger charge is -2.09. The summed E-state index contributed by atoms with van der Waals surface area (Å²) in [5.74, 6) is 0.498. The van der Waals surface area contributed by atoms with E-state index in [1.165, 1.54) is 31.2 Å². The van der Waals surface area contributed by atoms with Gasteiger partial charge in [-0.15, -0.1) is 0 Å². The van der Waals surface area contributed by atoms with E-state index < -0.39 is 10.0 Å². The minimum Gasteiger partial charge on any atom is -0.492 e. The van der Waals surface area contributed by atoms with Crippen LogP contribution >= 0.6 is 11.6 Å². The fourth-order valence-corrected chi connectivity index (χ4v) is 2.97. The van der Waals surface area contributed by atoms with E-state index in [0.29, 0.717) is 16.3 Å². The molecule has 0 fully saturated rings. The fraction of sp³-hybridized carbons (Fsp3) is 0.188. The van der Waals surface area contributed by atoms with Crippen molar-refractivity contribution >= 4 is 27.4 Å². The van der Waals surface area contributed by atoms with Crippen LogP contribution in [0.5, 0.6) is 5.75 Å². The van der Waals surface area contributed by atoms with Crippen LogP contribution in [0.3, 0.4) is 0 Å². The molecule has 0 aliphatic rings. The molecule has 7 heteroatoms. The summed E-state index contributed by atoms with van der Waals surface area (Å²) in [5.41, 5.74) is 0.468. The van der Waals surface area contributed by atoms with Crippen molar-refractivity contribution < 1.29 is 17.9 Å². The number of carbonyl (C=O) groups is 1. The molecule has 23 heavy (non-hydrogen) atoms. The minimum absolute atomic E-state index is 0.106. The predicted octanol–water partition coefficient (Wildman–Crippen LogP) is 2.90. The number of carbonyl (C=O) groups excluding carboxylic acids is 1. The summed E-state index contributed by atoms with van der Waals surface area (Å²) in [6, 6.07) is 12.6. The first-order chi connectivity index (χ1) is 10.9. The number of halogens is 1. The highest BCUT2D eigenvalue weighted by Crippen LogP contribution is 2.15. The molecule has 0 spiro atoms. The number of ether oxygens (including phenoxy) is 1. The van der Waals surface area contributed by atoms with Crippen LogP contribution in [0.2, 0.25) is 5.02 Å². The van der Waals surface area contributed by atoms with Crippen LogP contribution in [0.25, 0.3) is 0 Å². The van der Waals surface area contributed by atoms with Gasteiger partial charge in [0.25, 0.3) is 0 Å². The monoisotopic (exact) mass is 353 g/mol. The van der Waals surface area contributed by atoms with Gasteiger partial charge in [-0.05, 0) is 43.3 Å². The highest BCUT2D eigenvalue weighted by atomic mass is 35.5. The molecular formula is C16H16ClNO4S. The van der Waals surface area contributed by atoms with Gasteiger partial charge in [0.15, 0.2) is 5.78 Å². The third-order valence-corrected chi connectivity index (χ3v) is 4.78. The lowest BCUT2D eigenvalue weighted by atomic mass is 10.2. The van der Waals surface area contributed by atoms with Gasteiger partial charge in [-0.25, -0.2) is 13.1 Å². The van der Waals surface area contributed by atoms with Crippen molar-refractivity contribution in [3.8, 4) is 5.75 Å². The third-order valence-electron chi connectivity index (χ3n) is 3.05. The normalized spacial score (nSPS) is 11.2. The molecule has 0 bridgehead atoms. The van der Waals surface area contributed by atoms with Gasteiger partial charge in [0.05, 0.1) is 4.90 Å². The lowest BCUT2D eigenvalue weighted by molar-refractivity contribution is 0.101. The topological polar surface area (TPSA) is 72.5 Å². The van der Waals surface area contributed by atoms with Crippen molar-refractivity contribution in [2.24, 2.45) is 0 Å². The summed E-state index contributed by atoms with van der Waals surface area (Å²) >= 11 is 5.76. The number of rotatable bonds is 7. The first-order valence-electron chi connectivity index (χ1n) is 6.87. The Morgan fingerprint density at radius 1 is 1.09 bits per heavy atom. The number of sulfonamides is 1. The van der Waals surface area contributed by atoms with Gasteiger partial charge in [-0.1, -0.05) is 23.7 Å². The van der Waals surface area contributed by atoms with E-state index in [1.54, 1.807) is 24.3 Å². The first-order valence-corrected chi connectivity index (χ1v) is 8.73. The van der Waals surface area contributed by atoms with E-state index in [0.717, 1.165) is 0 Å². The van der Waals surface area contributed by atoms with Gasteiger partial charge >= 0.3 is 0 Å². The molecular weight excluding hydrogens is 338 g/mol. The molecule has 5 nitrogen and oxygen atoms in total. The minimum atomic E-state index is -3.63. The maximum absolute atomic E-state index is 12.1. The second-order valence-corrected chi connectivity index (χ2v) is 6.98. The van der Waals surface area contributed by atoms with Crippen LogP contribution in [0.1, 0.15) is 17.3 Å². The molecule has 0 aliphatic carbocycles. The third kappa shape index (κ3) is 5.06. The number of ketones is 1. The largest absolute Gasteiger partial charge is 0.492 e. The second kappa shape index (κ2) is 7.59. The zero-order valence-electron chi connectivity index (χ0n) is 12.5. The van der Waals surface area contributed by atoms with Crippen LogP contribution in [-0.2, 0) is 10.0 Å². The van der Waals surface area contributed by atoms with Gasteiger partial charge in [0.1, 0.15) is 12.4 Å². The van der Waals surface area contributed by atoms with Gasteiger partial charge in [-0.2, -0.15) is 0 Å². The van der Waals surface area contributed by atoms with Gasteiger partial charge in [0.2, 0.25) is 10.0 Å². The molecule has 0 atom stereocenters. The molecule has 0 aromatic heterocycles. The molecule has 2 aromatic rings. The maximum atomic E-state index is 12.1. The van der Waals surface area contributed by atoms with Crippen molar-refractivity contribution in [3.05, 3.63) is 59.1 Å². The number of Topliss-reactive ketones (excluding diaryl/α,β-unsaturated/α-hetero) is 1. The van der Waals surface area contributed by atoms with Crippen LogP contribution < -0.4 is 9.46 Å². The quantitative estimate of drug-likeness (QED) is 0.613. The zero-order chi connectivity index (χ0) is 16.9. The Hall–Kier alpha value is -1.89. The van der Waals surface area contributed by atoms with Gasteiger partial charge in [-0.3, -0.25) is 4.79 Å². The molecule has 0 saturated heterocycles. The van der Waals surface area contributed by atoms with Crippen molar-refractivity contribution in [1.29, 1.82) is 0 Å². The van der Waals surface area contributed by atoms with Gasteiger partial charge in [0, 0.05) is 17.1 Å². The fourth-order valence-electron chi connectivity index (χ4n) is 1.83. The number of hydrogen-bond donors (Lipinski definition) is 1. The molecule has 2 aromatic carbocycles. The Labute approximate surface area is 140 Å². The zero-order valence-corrected chi connectivity index (χ0v) is 14.0. The Bertz CT molecular complexity index is 771. The van der Waals surface area contributed by atoms with Crippen molar-refractivity contribution in [1.82, 2.24) is 4.72 Å². The van der Waals surface area contributed by atoms with Crippen molar-refractivity contribution in [3.63, 3.8) is 0 Å². The average molecular weight is 354 g/mol. The van der Waals surface area contributed by atoms with Crippen LogP contribution in [0, 0.1) is 0 Å². The van der Waals surface area contributed by atoms with Crippen LogP contribution in [0.15, 0.2) is 53.4 Å². The molecule has 2 rings (SSSR count). The van der Waals surface area contributed by atoms with E-state index in [1.807, 2.05) is 0 Å². The highest BCUT2D eigenvalue weighted by Gasteiger charge is 2.13. The van der Waals surface area contributed by atoms with E-state index >= 15 is 0 Å². The van der Waals surface area contributed by atoms with E-state index in [-0.39, 0.29) is 23.8 Å². The standard InChI is InChI=1S/C16H16ClNO4S/c1-12(19)13-2-8-16(9-3-13)23(20,21)18-10-11-22-15-6-4-14(17)5-7-15/h2-9,18H,10-11H2,1H3. The van der Waals surface area contributed by atoms with Crippen LogP contribution in [-0.4, -0.2) is 27.4 Å². The first kappa shape index (κ1) is 17.5. The highest BCUT2D eigenvalue weighted by molar-refractivity contribution is 7.89. The molecule has 0 heterocycles. The molecule has 122 valence electrons. The maximum Gasteiger partial charge on any atom is 0.240 e. The summed E-state index contributed by atoms with van der Waals surface area (Å²) in [6.45, 7) is 1.74. The molecule has 0 unspecified atom stereocenters. The molecule has 0 amide bonds. The van der Waals surface area contributed by atoms with E-state index in [9.17, 15) is 13.2 Å². The van der Waals surface area contributed by atoms with Crippen molar-refractivity contribution in [2.45, 2.75) is 11.8 Å². The Morgan fingerprint density at radius 2 is 1.70 bits per heavy atom. The summed E-state index contributed by atoms with van der Waals surface area (Å²) in [4.78, 5) is 11.3. The molecule has 1 N–H and O–H groups in total. The predicted molar refractivity (Wildman–Crippen MR) is 88.6 cm³/mol. The molecule has 0 saturated carbocycles. The number of benzene rings is 2. The van der Waals surface area contributed by atoms with E-state index in [4.69, 9.17) is 16.3 Å². The summed E-state index contributed by atoms with van der Waals surface area (Å²) in [7, 11) is -3.63. The summed E-state index contributed by atoms with van der Waals surface area (Å²) in [5, 5.41) is 0.604. The Morgan fingerprint density at radius 3 is 2.26 bits per heavy atom. The smallest absolute Gasteiger partial charge is 0.240 e. The Kier molecular flexibility index (Phi) is 5.76. The molecule has 0 radical (unpaired) electrons. The van der Waals surface area contributed by atoms with Crippen LogP contribution in [0.4, 0.5) is 0 Å². The molecule has 0 aliphatic heterocycles. The lowest BCUT2D eigenvalue weighted by Crippen LogP contribution is -2.28. The van der Waals surface area contributed by atoms with E-state index in [2.05, 4.69) is 4.72 Å². The number of nitrogens with one attached hydrogen (secondary N) is 1. The average Bonchev–Trinajstić information content (AvgIpc) is 2.53. The SMILES string of the molecule is CC(=O)c1ccc(S(=O)(=O)NCCOc2ccc(Cl)cc2)cc1. The van der Waals surface area contributed by atoms with Gasteiger partial charge < -0.3 is 4.74 Å². The van der Waals surface area contributed by atoms with Crippen molar-refractivity contribution in [2.75, 3.05) is 13.2 Å².